The fraction of sp³-hybridized carbons (Fsp3) is 0.600. The number of likely N-dealkylation sites (tertiary alicyclic amines) is 1. The summed E-state index contributed by atoms with van der Waals surface area (Å²) >= 11 is 1.58. The fourth-order valence-corrected chi connectivity index (χ4v) is 5.63. The number of β-amino-alcohol motifs (C(OH)–C–C–N with tert-alkyl or cyclic N) is 1. The third-order valence-electron chi connectivity index (χ3n) is 7.17. The van der Waals surface area contributed by atoms with Gasteiger partial charge in [0.2, 0.25) is 17.7 Å². The number of benzene rings is 1. The maximum absolute atomic E-state index is 13.8. The molecule has 1 aromatic carbocycles. The van der Waals surface area contributed by atoms with Crippen molar-refractivity contribution in [1.82, 2.24) is 20.5 Å². The Bertz CT molecular complexity index is 1190. The van der Waals surface area contributed by atoms with Crippen molar-refractivity contribution in [3.8, 4) is 10.4 Å². The molecule has 11 nitrogen and oxygen atoms in total. The van der Waals surface area contributed by atoms with Crippen LogP contribution in [-0.4, -0.2) is 90.4 Å². The third-order valence-corrected chi connectivity index (χ3v) is 8.15. The summed E-state index contributed by atoms with van der Waals surface area (Å²) in [6.45, 7) is 11.2. The van der Waals surface area contributed by atoms with Gasteiger partial charge in [0.15, 0.2) is 0 Å². The summed E-state index contributed by atoms with van der Waals surface area (Å²) < 4.78 is 10.7. The molecule has 2 heterocycles. The van der Waals surface area contributed by atoms with E-state index in [1.54, 1.807) is 11.3 Å². The van der Waals surface area contributed by atoms with Crippen molar-refractivity contribution in [2.24, 2.45) is 11.1 Å². The number of nitrogens with zero attached hydrogens (tertiary/aromatic N) is 2. The minimum atomic E-state index is -0.890. The number of hydrogen-bond donors (Lipinski definition) is 4. The number of amides is 3. The highest BCUT2D eigenvalue weighted by molar-refractivity contribution is 7.13. The first kappa shape index (κ1) is 36.6. The van der Waals surface area contributed by atoms with Crippen LogP contribution < -0.4 is 16.4 Å². The molecule has 0 aliphatic carbocycles. The van der Waals surface area contributed by atoms with Gasteiger partial charge in [-0.15, -0.1) is 23.7 Å². The predicted molar refractivity (Wildman–Crippen MR) is 169 cm³/mol. The van der Waals surface area contributed by atoms with Crippen molar-refractivity contribution >= 4 is 41.5 Å². The van der Waals surface area contributed by atoms with E-state index in [9.17, 15) is 19.5 Å². The van der Waals surface area contributed by atoms with E-state index in [1.807, 2.05) is 64.4 Å². The van der Waals surface area contributed by atoms with E-state index in [0.29, 0.717) is 26.4 Å². The van der Waals surface area contributed by atoms with E-state index in [-0.39, 0.29) is 56.3 Å². The van der Waals surface area contributed by atoms with Gasteiger partial charge in [-0.3, -0.25) is 14.4 Å². The number of carbonyl (C=O) groups is 3. The number of hydrogen-bond acceptors (Lipinski definition) is 9. The zero-order chi connectivity index (χ0) is 30.9. The standard InChI is InChI=1S/C30H45N5O6S.ClH/c1-19(21-6-8-22(9-7-21)26-20(2)32-18-42-26)33-28(38)24-16-23(36)17-35(24)29(39)27(30(3,4)5)34-25(37)10-12-40-14-15-41-13-11-31;/h6-9,18-19,23-24,27,36H,10-17,31H2,1-5H3,(H,33,38)(H,34,37);1H. The summed E-state index contributed by atoms with van der Waals surface area (Å²) in [5, 5.41) is 16.3. The topological polar surface area (TPSA) is 156 Å². The van der Waals surface area contributed by atoms with Crippen molar-refractivity contribution < 1.29 is 29.0 Å². The molecule has 1 aromatic heterocycles. The molecule has 240 valence electrons. The first-order chi connectivity index (χ1) is 19.9. The van der Waals surface area contributed by atoms with Gasteiger partial charge in [-0.25, -0.2) is 4.98 Å². The molecule has 2 aromatic rings. The van der Waals surface area contributed by atoms with Gasteiger partial charge in [-0.2, -0.15) is 0 Å². The molecule has 13 heteroatoms. The molecule has 0 spiro atoms. The first-order valence-corrected chi connectivity index (χ1v) is 15.2. The van der Waals surface area contributed by atoms with Crippen LogP contribution >= 0.6 is 23.7 Å². The number of ether oxygens (including phenoxy) is 2. The lowest BCUT2D eigenvalue weighted by molar-refractivity contribution is -0.144. The van der Waals surface area contributed by atoms with Crippen molar-refractivity contribution in [2.45, 2.75) is 71.7 Å². The van der Waals surface area contributed by atoms with Gasteiger partial charge in [-0.1, -0.05) is 45.0 Å². The number of nitrogens with one attached hydrogen (secondary N) is 2. The van der Waals surface area contributed by atoms with Crippen LogP contribution in [0.3, 0.4) is 0 Å². The quantitative estimate of drug-likeness (QED) is 0.230. The minimum Gasteiger partial charge on any atom is -0.391 e. The van der Waals surface area contributed by atoms with Crippen LogP contribution in [-0.2, 0) is 23.9 Å². The summed E-state index contributed by atoms with van der Waals surface area (Å²) in [7, 11) is 0. The Hall–Kier alpha value is -2.61. The van der Waals surface area contributed by atoms with Gasteiger partial charge in [0.1, 0.15) is 12.1 Å². The Morgan fingerprint density at radius 1 is 1.12 bits per heavy atom. The summed E-state index contributed by atoms with van der Waals surface area (Å²) in [5.74, 6) is -1.09. The maximum atomic E-state index is 13.8. The van der Waals surface area contributed by atoms with Crippen molar-refractivity contribution in [3.63, 3.8) is 0 Å². The number of aliphatic hydroxyl groups is 1. The Morgan fingerprint density at radius 3 is 2.35 bits per heavy atom. The monoisotopic (exact) mass is 639 g/mol. The van der Waals surface area contributed by atoms with Crippen molar-refractivity contribution in [3.05, 3.63) is 41.0 Å². The highest BCUT2D eigenvalue weighted by Crippen LogP contribution is 2.29. The second-order valence-electron chi connectivity index (χ2n) is 11.6. The minimum absolute atomic E-state index is 0. The number of thiazole rings is 1. The highest BCUT2D eigenvalue weighted by atomic mass is 35.5. The molecular formula is C30H46ClN5O6S. The smallest absolute Gasteiger partial charge is 0.246 e. The molecule has 43 heavy (non-hydrogen) atoms. The molecule has 1 aliphatic heterocycles. The molecule has 4 atom stereocenters. The molecule has 0 bridgehead atoms. The molecule has 1 fully saturated rings. The van der Waals surface area contributed by atoms with Crippen molar-refractivity contribution in [2.75, 3.05) is 39.5 Å². The summed E-state index contributed by atoms with van der Waals surface area (Å²) in [5.41, 5.74) is 9.50. The largest absolute Gasteiger partial charge is 0.391 e. The SMILES string of the molecule is Cc1ncsc1-c1ccc(C(C)NC(=O)C2CC(O)CN2C(=O)C(NC(=O)CCOCCOCCN)C(C)(C)C)cc1.Cl. The molecule has 5 N–H and O–H groups in total. The van der Waals surface area contributed by atoms with Crippen LogP contribution in [0.15, 0.2) is 29.8 Å². The number of rotatable bonds is 14. The number of aromatic nitrogens is 1. The van der Waals surface area contributed by atoms with E-state index in [2.05, 4.69) is 15.6 Å². The lowest BCUT2D eigenvalue weighted by Gasteiger charge is -2.35. The second kappa shape index (κ2) is 17.0. The number of nitrogens with two attached hydrogens (primary N) is 1. The van der Waals surface area contributed by atoms with E-state index < -0.39 is 29.5 Å². The molecule has 4 unspecified atom stereocenters. The average molecular weight is 640 g/mol. The van der Waals surface area contributed by atoms with Crippen LogP contribution in [0.25, 0.3) is 10.4 Å². The third kappa shape index (κ3) is 10.5. The van der Waals surface area contributed by atoms with Gasteiger partial charge in [0.25, 0.3) is 0 Å². The van der Waals surface area contributed by atoms with Gasteiger partial charge in [-0.05, 0) is 30.4 Å². The zero-order valence-electron chi connectivity index (χ0n) is 25.6. The molecule has 0 radical (unpaired) electrons. The van der Waals surface area contributed by atoms with E-state index >= 15 is 0 Å². The van der Waals surface area contributed by atoms with Crippen LogP contribution in [0.1, 0.15) is 57.8 Å². The Balaban J connectivity index is 0.00000645. The van der Waals surface area contributed by atoms with E-state index in [0.717, 1.165) is 21.7 Å². The van der Waals surface area contributed by atoms with Gasteiger partial charge in [0.05, 0.1) is 54.7 Å². The maximum Gasteiger partial charge on any atom is 0.246 e. The Kier molecular flexibility index (Phi) is 14.5. The molecule has 1 aliphatic rings. The predicted octanol–water partition coefficient (Wildman–Crippen LogP) is 2.59. The Morgan fingerprint density at radius 2 is 1.77 bits per heavy atom. The normalized spacial score (nSPS) is 18.1. The number of aliphatic hydroxyl groups excluding tert-OH is 1. The molecule has 1 saturated heterocycles. The van der Waals surface area contributed by atoms with Gasteiger partial charge < -0.3 is 35.8 Å². The highest BCUT2D eigenvalue weighted by Gasteiger charge is 2.44. The first-order valence-electron chi connectivity index (χ1n) is 14.4. The number of halogens is 1. The average Bonchev–Trinajstić information content (AvgIpc) is 3.55. The Labute approximate surface area is 264 Å². The molecular weight excluding hydrogens is 594 g/mol. The zero-order valence-corrected chi connectivity index (χ0v) is 27.3. The molecule has 0 saturated carbocycles. The van der Waals surface area contributed by atoms with Crippen LogP contribution in [0, 0.1) is 12.3 Å². The van der Waals surface area contributed by atoms with Crippen LogP contribution in [0.2, 0.25) is 0 Å². The van der Waals surface area contributed by atoms with Gasteiger partial charge in [0, 0.05) is 25.9 Å². The number of carbonyl (C=O) groups excluding carboxylic acids is 3. The van der Waals surface area contributed by atoms with Crippen LogP contribution in [0.5, 0.6) is 0 Å². The van der Waals surface area contributed by atoms with Gasteiger partial charge >= 0.3 is 0 Å². The van der Waals surface area contributed by atoms with E-state index in [4.69, 9.17) is 15.2 Å². The van der Waals surface area contributed by atoms with Crippen LogP contribution in [0.4, 0.5) is 0 Å². The lowest BCUT2D eigenvalue weighted by atomic mass is 9.85. The molecule has 3 amide bonds. The fourth-order valence-electron chi connectivity index (χ4n) is 4.82. The summed E-state index contributed by atoms with van der Waals surface area (Å²) in [6, 6.07) is 5.88. The summed E-state index contributed by atoms with van der Waals surface area (Å²) in [4.78, 5) is 46.7. The summed E-state index contributed by atoms with van der Waals surface area (Å²) in [6.07, 6.45) is -0.644. The molecule has 3 rings (SSSR count). The van der Waals surface area contributed by atoms with Crippen molar-refractivity contribution in [1.29, 1.82) is 0 Å². The van der Waals surface area contributed by atoms with E-state index in [1.165, 1.54) is 4.90 Å². The lowest BCUT2D eigenvalue weighted by Crippen LogP contribution is -2.58. The second-order valence-corrected chi connectivity index (χ2v) is 12.5. The number of aryl methyl sites for hydroxylation is 1.